The van der Waals surface area contributed by atoms with Gasteiger partial charge in [0.05, 0.1) is 11.6 Å². The molecule has 3 N–H and O–H groups in total. The number of halogens is 1. The molecule has 3 aromatic carbocycles. The molecule has 0 saturated heterocycles. The SMILES string of the molecule is O=C(N[C@H](C(=O)N/N=C\c1ccc(Br)cc1)c1n[nH]c(=O)c2ccccc12)c1ccccc1. The van der Waals surface area contributed by atoms with E-state index in [0.717, 1.165) is 10.0 Å². The molecule has 33 heavy (non-hydrogen) atoms. The summed E-state index contributed by atoms with van der Waals surface area (Å²) in [5, 5.41) is 14.0. The maximum atomic E-state index is 13.1. The minimum Gasteiger partial charge on any atom is -0.335 e. The number of H-pyrrole nitrogens is 1. The van der Waals surface area contributed by atoms with E-state index in [4.69, 9.17) is 0 Å². The Hall–Kier alpha value is -4.11. The zero-order valence-electron chi connectivity index (χ0n) is 17.2. The lowest BCUT2D eigenvalue weighted by atomic mass is 10.0. The van der Waals surface area contributed by atoms with Crippen LogP contribution in [0.25, 0.3) is 10.8 Å². The Morgan fingerprint density at radius 3 is 2.33 bits per heavy atom. The Balaban J connectivity index is 1.66. The van der Waals surface area contributed by atoms with E-state index in [1.54, 1.807) is 54.6 Å². The van der Waals surface area contributed by atoms with Crippen molar-refractivity contribution in [3.8, 4) is 0 Å². The van der Waals surface area contributed by atoms with Gasteiger partial charge in [-0.2, -0.15) is 10.2 Å². The summed E-state index contributed by atoms with van der Waals surface area (Å²) in [6.07, 6.45) is 1.48. The predicted octanol–water partition coefficient (Wildman–Crippen LogP) is 3.31. The van der Waals surface area contributed by atoms with E-state index in [-0.39, 0.29) is 5.69 Å². The van der Waals surface area contributed by atoms with Crippen molar-refractivity contribution in [2.75, 3.05) is 0 Å². The van der Waals surface area contributed by atoms with Gasteiger partial charge in [-0.3, -0.25) is 14.4 Å². The lowest BCUT2D eigenvalue weighted by molar-refractivity contribution is -0.123. The molecule has 8 nitrogen and oxygen atoms in total. The van der Waals surface area contributed by atoms with Crippen LogP contribution >= 0.6 is 15.9 Å². The average molecular weight is 504 g/mol. The maximum absolute atomic E-state index is 13.1. The molecule has 1 heterocycles. The summed E-state index contributed by atoms with van der Waals surface area (Å²) in [4.78, 5) is 38.1. The van der Waals surface area contributed by atoms with Crippen molar-refractivity contribution in [3.63, 3.8) is 0 Å². The molecule has 0 unspecified atom stereocenters. The molecule has 9 heteroatoms. The van der Waals surface area contributed by atoms with Gasteiger partial charge >= 0.3 is 0 Å². The fourth-order valence-electron chi connectivity index (χ4n) is 3.20. The smallest absolute Gasteiger partial charge is 0.272 e. The van der Waals surface area contributed by atoms with Crippen LogP contribution < -0.4 is 16.3 Å². The molecule has 0 radical (unpaired) electrons. The van der Waals surface area contributed by atoms with Gasteiger partial charge in [0, 0.05) is 15.4 Å². The molecule has 0 aliphatic carbocycles. The van der Waals surface area contributed by atoms with Gasteiger partial charge < -0.3 is 5.32 Å². The topological polar surface area (TPSA) is 116 Å². The summed E-state index contributed by atoms with van der Waals surface area (Å²) in [5.74, 6) is -1.08. The largest absolute Gasteiger partial charge is 0.335 e. The van der Waals surface area contributed by atoms with E-state index in [2.05, 4.69) is 42.0 Å². The van der Waals surface area contributed by atoms with E-state index >= 15 is 0 Å². The lowest BCUT2D eigenvalue weighted by Crippen LogP contribution is -2.40. The number of hydrazone groups is 1. The molecule has 1 atom stereocenters. The zero-order chi connectivity index (χ0) is 23.2. The van der Waals surface area contributed by atoms with Crippen LogP contribution in [0.15, 0.2) is 93.2 Å². The van der Waals surface area contributed by atoms with E-state index in [0.29, 0.717) is 16.3 Å². The Kier molecular flexibility index (Phi) is 6.70. The lowest BCUT2D eigenvalue weighted by Gasteiger charge is -2.18. The minimum absolute atomic E-state index is 0.200. The number of hydrogen-bond donors (Lipinski definition) is 3. The fraction of sp³-hybridized carbons (Fsp3) is 0.0417. The summed E-state index contributed by atoms with van der Waals surface area (Å²) in [5.41, 5.74) is 3.41. The van der Waals surface area contributed by atoms with Crippen molar-refractivity contribution in [1.82, 2.24) is 20.9 Å². The van der Waals surface area contributed by atoms with Gasteiger partial charge in [-0.05, 0) is 35.9 Å². The number of aromatic amines is 1. The Morgan fingerprint density at radius 2 is 1.61 bits per heavy atom. The van der Waals surface area contributed by atoms with Gasteiger partial charge in [0.1, 0.15) is 5.69 Å². The molecule has 1 aromatic heterocycles. The van der Waals surface area contributed by atoms with Gasteiger partial charge in [0.15, 0.2) is 6.04 Å². The number of benzene rings is 3. The molecular formula is C24H18BrN5O3. The van der Waals surface area contributed by atoms with E-state index in [1.165, 1.54) is 6.21 Å². The normalized spacial score (nSPS) is 11.9. The van der Waals surface area contributed by atoms with Crippen LogP contribution in [-0.2, 0) is 4.79 Å². The van der Waals surface area contributed by atoms with Crippen LogP contribution in [0.1, 0.15) is 27.7 Å². The number of carbonyl (C=O) groups excluding carboxylic acids is 2. The second kappa shape index (κ2) is 10.0. The first kappa shape index (κ1) is 22.1. The van der Waals surface area contributed by atoms with Gasteiger partial charge in [-0.25, -0.2) is 10.5 Å². The van der Waals surface area contributed by atoms with Crippen molar-refractivity contribution in [2.45, 2.75) is 6.04 Å². The highest BCUT2D eigenvalue weighted by atomic mass is 79.9. The molecule has 164 valence electrons. The van der Waals surface area contributed by atoms with Crippen molar-refractivity contribution in [2.24, 2.45) is 5.10 Å². The maximum Gasteiger partial charge on any atom is 0.272 e. The summed E-state index contributed by atoms with van der Waals surface area (Å²) >= 11 is 3.36. The molecule has 4 aromatic rings. The van der Waals surface area contributed by atoms with Crippen LogP contribution in [0.2, 0.25) is 0 Å². The molecule has 0 aliphatic rings. The number of aromatic nitrogens is 2. The number of hydrogen-bond acceptors (Lipinski definition) is 5. The third-order valence-corrected chi connectivity index (χ3v) is 5.36. The first-order chi connectivity index (χ1) is 16.0. The number of nitrogens with zero attached hydrogens (tertiary/aromatic N) is 2. The molecule has 0 fully saturated rings. The van der Waals surface area contributed by atoms with Crippen molar-refractivity contribution in [1.29, 1.82) is 0 Å². The monoisotopic (exact) mass is 503 g/mol. The van der Waals surface area contributed by atoms with Gasteiger partial charge in [0.2, 0.25) is 0 Å². The molecule has 0 spiro atoms. The molecular weight excluding hydrogens is 486 g/mol. The van der Waals surface area contributed by atoms with E-state index < -0.39 is 23.4 Å². The first-order valence-corrected chi connectivity index (χ1v) is 10.7. The van der Waals surface area contributed by atoms with E-state index in [9.17, 15) is 14.4 Å². The van der Waals surface area contributed by atoms with Crippen LogP contribution in [0.3, 0.4) is 0 Å². The highest BCUT2D eigenvalue weighted by Crippen LogP contribution is 2.20. The van der Waals surface area contributed by atoms with Gasteiger partial charge in [-0.1, -0.05) is 64.5 Å². The quantitative estimate of drug-likeness (QED) is 0.276. The molecule has 0 saturated carbocycles. The Bertz CT molecular complexity index is 1380. The summed E-state index contributed by atoms with van der Waals surface area (Å²) in [6.45, 7) is 0. The Morgan fingerprint density at radius 1 is 0.939 bits per heavy atom. The van der Waals surface area contributed by atoms with Crippen molar-refractivity contribution >= 4 is 44.7 Å². The standard InChI is InChI=1S/C24H18BrN5O3/c25-17-12-10-15(11-13-17)14-26-29-24(33)21(27-22(31)16-6-2-1-3-7-16)20-18-8-4-5-9-19(18)23(32)30-28-20/h1-14,21H,(H,27,31)(H,29,33)(H,30,32)/b26-14-/t21-/m0/s1. The molecule has 4 rings (SSSR count). The third kappa shape index (κ3) is 5.21. The Labute approximate surface area is 196 Å². The number of rotatable bonds is 6. The highest BCUT2D eigenvalue weighted by molar-refractivity contribution is 9.10. The second-order valence-electron chi connectivity index (χ2n) is 7.04. The third-order valence-electron chi connectivity index (χ3n) is 4.83. The number of carbonyl (C=O) groups is 2. The van der Waals surface area contributed by atoms with Crippen LogP contribution in [0.4, 0.5) is 0 Å². The molecule has 2 amide bonds. The summed E-state index contributed by atoms with van der Waals surface area (Å²) in [6, 6.07) is 21.4. The molecule has 0 bridgehead atoms. The zero-order valence-corrected chi connectivity index (χ0v) is 18.7. The first-order valence-electron chi connectivity index (χ1n) is 9.94. The average Bonchev–Trinajstić information content (AvgIpc) is 2.85. The number of amides is 2. The van der Waals surface area contributed by atoms with Gasteiger partial charge in [-0.15, -0.1) is 0 Å². The van der Waals surface area contributed by atoms with Crippen LogP contribution in [-0.4, -0.2) is 28.2 Å². The summed E-state index contributed by atoms with van der Waals surface area (Å²) < 4.78 is 0.920. The molecule has 0 aliphatic heterocycles. The highest BCUT2D eigenvalue weighted by Gasteiger charge is 2.27. The van der Waals surface area contributed by atoms with Crippen LogP contribution in [0.5, 0.6) is 0 Å². The van der Waals surface area contributed by atoms with Crippen molar-refractivity contribution in [3.05, 3.63) is 111 Å². The minimum atomic E-state index is -1.21. The number of nitrogens with one attached hydrogen (secondary N) is 3. The fourth-order valence-corrected chi connectivity index (χ4v) is 3.47. The second-order valence-corrected chi connectivity index (χ2v) is 7.96. The number of fused-ring (bicyclic) bond motifs is 1. The predicted molar refractivity (Wildman–Crippen MR) is 129 cm³/mol. The van der Waals surface area contributed by atoms with Gasteiger partial charge in [0.25, 0.3) is 17.4 Å². The summed E-state index contributed by atoms with van der Waals surface area (Å²) in [7, 11) is 0. The van der Waals surface area contributed by atoms with Crippen LogP contribution in [0, 0.1) is 0 Å². The van der Waals surface area contributed by atoms with E-state index in [1.807, 2.05) is 24.3 Å². The van der Waals surface area contributed by atoms with Crippen molar-refractivity contribution < 1.29 is 9.59 Å².